The minimum absolute atomic E-state index is 0.0496. The van der Waals surface area contributed by atoms with Crippen LogP contribution in [0.1, 0.15) is 61.2 Å². The molecule has 0 unspecified atom stereocenters. The molecule has 9 nitrogen and oxygen atoms in total. The van der Waals surface area contributed by atoms with Crippen molar-refractivity contribution in [2.24, 2.45) is 5.73 Å². The summed E-state index contributed by atoms with van der Waals surface area (Å²) in [5, 5.41) is 2.44. The summed E-state index contributed by atoms with van der Waals surface area (Å²) in [5.74, 6) is 0.0415. The van der Waals surface area contributed by atoms with Gasteiger partial charge in [-0.05, 0) is 43.9 Å². The minimum Gasteiger partial charge on any atom is -0.382 e. The van der Waals surface area contributed by atoms with E-state index in [1.807, 2.05) is 18.2 Å². The van der Waals surface area contributed by atoms with E-state index in [0.29, 0.717) is 22.5 Å². The van der Waals surface area contributed by atoms with Crippen LogP contribution in [-0.4, -0.2) is 33.8 Å². The van der Waals surface area contributed by atoms with Crippen molar-refractivity contribution in [3.63, 3.8) is 0 Å². The van der Waals surface area contributed by atoms with Crippen LogP contribution in [0.25, 0.3) is 22.3 Å². The molecule has 1 aliphatic rings. The fourth-order valence-corrected chi connectivity index (χ4v) is 6.52. The molecule has 1 aliphatic carbocycles. The predicted molar refractivity (Wildman–Crippen MR) is 150 cm³/mol. The Bertz CT molecular complexity index is 1660. The van der Waals surface area contributed by atoms with E-state index in [9.17, 15) is 8.42 Å². The summed E-state index contributed by atoms with van der Waals surface area (Å²) in [6.07, 6.45) is 6.37. The summed E-state index contributed by atoms with van der Waals surface area (Å²) in [4.78, 5) is 13.5. The molecule has 0 aliphatic heterocycles. The molecule has 0 radical (unpaired) electrons. The van der Waals surface area contributed by atoms with Gasteiger partial charge in [0.2, 0.25) is 10.0 Å². The number of halogens is 1. The quantitative estimate of drug-likeness (QED) is 0.296. The molecule has 0 bridgehead atoms. The van der Waals surface area contributed by atoms with Crippen molar-refractivity contribution in [3.05, 3.63) is 63.9 Å². The van der Waals surface area contributed by atoms with Crippen LogP contribution in [0.5, 0.6) is 0 Å². The first kappa shape index (κ1) is 26.3. The van der Waals surface area contributed by atoms with E-state index in [4.69, 9.17) is 16.5 Å². The number of rotatable bonds is 7. The van der Waals surface area contributed by atoms with Crippen LogP contribution < -0.4 is 16.2 Å². The van der Waals surface area contributed by atoms with Gasteiger partial charge in [-0.15, -0.1) is 11.3 Å². The highest BCUT2D eigenvalue weighted by Gasteiger charge is 2.24. The summed E-state index contributed by atoms with van der Waals surface area (Å²) in [5.41, 5.74) is 16.3. The number of thiazole rings is 1. The number of allylic oxidation sites excluding steroid dienone is 1. The zero-order valence-corrected chi connectivity index (χ0v) is 23.0. The Labute approximate surface area is 224 Å². The van der Waals surface area contributed by atoms with Gasteiger partial charge in [-0.2, -0.15) is 0 Å². The third-order valence-corrected chi connectivity index (χ3v) is 8.55. The Morgan fingerprint density at radius 2 is 2.08 bits per heavy atom. The normalized spacial score (nSPS) is 16.3. The monoisotopic (exact) mass is 555 g/mol. The van der Waals surface area contributed by atoms with Crippen molar-refractivity contribution in [2.75, 3.05) is 10.5 Å². The Hall–Kier alpha value is -3.35. The van der Waals surface area contributed by atoms with Gasteiger partial charge in [0.25, 0.3) is 0 Å². The first-order valence-electron chi connectivity index (χ1n) is 12.4. The second-order valence-corrected chi connectivity index (χ2v) is 12.6. The lowest BCUT2D eigenvalue weighted by Crippen LogP contribution is -2.22. The number of nitrogen functional groups attached to an aromatic ring is 1. The maximum absolute atomic E-state index is 15.2. The fourth-order valence-electron chi connectivity index (χ4n) is 4.69. The van der Waals surface area contributed by atoms with Gasteiger partial charge in [0, 0.05) is 22.9 Å². The van der Waals surface area contributed by atoms with Crippen LogP contribution in [0.3, 0.4) is 0 Å². The van der Waals surface area contributed by atoms with Crippen LogP contribution in [0.4, 0.5) is 15.9 Å². The Kier molecular flexibility index (Phi) is 6.97. The number of hydrogen-bond acceptors (Lipinski definition) is 8. The van der Waals surface area contributed by atoms with Crippen LogP contribution >= 0.6 is 11.3 Å². The van der Waals surface area contributed by atoms with E-state index in [1.54, 1.807) is 24.6 Å². The molecule has 5 N–H and O–H groups in total. The van der Waals surface area contributed by atoms with E-state index in [2.05, 4.69) is 20.8 Å². The second-order valence-electron chi connectivity index (χ2n) is 9.86. The number of nitrogens with one attached hydrogen (secondary N) is 1. The topological polar surface area (TPSA) is 141 Å². The third-order valence-electron chi connectivity index (χ3n) is 6.52. The van der Waals surface area contributed by atoms with E-state index >= 15 is 4.39 Å². The number of hydrogen-bond donors (Lipinski definition) is 3. The summed E-state index contributed by atoms with van der Waals surface area (Å²) >= 11 is 1.36. The Morgan fingerprint density at radius 3 is 2.71 bits per heavy atom. The van der Waals surface area contributed by atoms with Crippen LogP contribution in [0, 0.1) is 12.7 Å². The van der Waals surface area contributed by atoms with Crippen LogP contribution in [0.15, 0.2) is 35.9 Å². The molecule has 4 aromatic rings. The number of nitrogens with two attached hydrogens (primary N) is 2. The van der Waals surface area contributed by atoms with Crippen LogP contribution in [0.2, 0.25) is 0 Å². The molecular weight excluding hydrogens is 525 g/mol. The van der Waals surface area contributed by atoms with Crippen molar-refractivity contribution < 1.29 is 12.8 Å². The highest BCUT2D eigenvalue weighted by Crippen LogP contribution is 2.36. The molecule has 1 aromatic carbocycles. The maximum Gasteiger partial charge on any atom is 0.238 e. The molecule has 0 saturated carbocycles. The first-order chi connectivity index (χ1) is 18.0. The minimum atomic E-state index is -3.86. The summed E-state index contributed by atoms with van der Waals surface area (Å²) in [6, 6.07) is 4.43. The molecule has 200 valence electrons. The van der Waals surface area contributed by atoms with Gasteiger partial charge < -0.3 is 11.5 Å². The standard InChI is InChI=1S/C26H30FN7O2S2/c1-14(2)26-32-23(24-25(29)30-11-22(34(24)26)16-4-7-18(28)8-5-16)17-6-9-21(20(27)10-17)33-38(35,36)13-19-12-37-15(3)31-19/h4,6,9-12,14,18,33H,5,7-8,13,28H2,1-3H3,(H2,29,30)/t18-/m1/s1. The fraction of sp³-hybridized carbons (Fsp3) is 0.346. The number of fused-ring (bicyclic) bond motifs is 1. The number of imidazole rings is 1. The zero-order chi connectivity index (χ0) is 27.2. The average Bonchev–Trinajstić information content (AvgIpc) is 3.45. The van der Waals surface area contributed by atoms with Crippen molar-refractivity contribution >= 4 is 44.0 Å². The smallest absolute Gasteiger partial charge is 0.238 e. The van der Waals surface area contributed by atoms with Crippen molar-refractivity contribution in [1.29, 1.82) is 0 Å². The van der Waals surface area contributed by atoms with Gasteiger partial charge in [-0.25, -0.2) is 27.8 Å². The van der Waals surface area contributed by atoms with Gasteiger partial charge in [0.15, 0.2) is 0 Å². The Morgan fingerprint density at radius 1 is 1.29 bits per heavy atom. The Balaban J connectivity index is 1.54. The molecule has 38 heavy (non-hydrogen) atoms. The molecule has 3 heterocycles. The number of aryl methyl sites for hydroxylation is 1. The van der Waals surface area contributed by atoms with Crippen molar-refractivity contribution in [3.8, 4) is 11.3 Å². The highest BCUT2D eigenvalue weighted by molar-refractivity contribution is 7.91. The largest absolute Gasteiger partial charge is 0.382 e. The molecule has 3 aromatic heterocycles. The van der Waals surface area contributed by atoms with Gasteiger partial charge in [-0.3, -0.25) is 9.12 Å². The van der Waals surface area contributed by atoms with Gasteiger partial charge in [-0.1, -0.05) is 26.0 Å². The number of benzene rings is 1. The lowest BCUT2D eigenvalue weighted by molar-refractivity contribution is 0.597. The van der Waals surface area contributed by atoms with E-state index in [-0.39, 0.29) is 29.2 Å². The van der Waals surface area contributed by atoms with E-state index in [1.165, 1.54) is 23.5 Å². The first-order valence-corrected chi connectivity index (χ1v) is 14.9. The average molecular weight is 556 g/mol. The summed E-state index contributed by atoms with van der Waals surface area (Å²) in [7, 11) is -3.86. The molecule has 0 saturated heterocycles. The second kappa shape index (κ2) is 10.1. The van der Waals surface area contributed by atoms with Crippen LogP contribution in [-0.2, 0) is 15.8 Å². The number of anilines is 2. The number of sulfonamides is 1. The molecule has 0 fully saturated rings. The van der Waals surface area contributed by atoms with Gasteiger partial charge >= 0.3 is 0 Å². The number of nitrogens with zero attached hydrogens (tertiary/aromatic N) is 4. The zero-order valence-electron chi connectivity index (χ0n) is 21.4. The SMILES string of the molecule is Cc1nc(CS(=O)(=O)Nc2ccc(-c3nc(C(C)C)n4c(C5=CC[C@@H](N)CC5)cnc(N)c34)cc2F)cs1. The van der Waals surface area contributed by atoms with E-state index in [0.717, 1.165) is 41.4 Å². The lowest BCUT2D eigenvalue weighted by Gasteiger charge is -2.20. The van der Waals surface area contributed by atoms with E-state index < -0.39 is 15.8 Å². The maximum atomic E-state index is 15.2. The number of aromatic nitrogens is 4. The molecule has 0 spiro atoms. The third kappa shape index (κ3) is 5.16. The predicted octanol–water partition coefficient (Wildman–Crippen LogP) is 4.84. The highest BCUT2D eigenvalue weighted by atomic mass is 32.2. The molecule has 12 heteroatoms. The van der Waals surface area contributed by atoms with Gasteiger partial charge in [0.05, 0.1) is 28.3 Å². The van der Waals surface area contributed by atoms with Gasteiger partial charge in [0.1, 0.15) is 34.4 Å². The van der Waals surface area contributed by atoms with Crippen molar-refractivity contribution in [1.82, 2.24) is 19.4 Å². The molecular formula is C26H30FN7O2S2. The van der Waals surface area contributed by atoms with Crippen molar-refractivity contribution in [2.45, 2.75) is 57.7 Å². The molecule has 0 amide bonds. The summed E-state index contributed by atoms with van der Waals surface area (Å²) < 4.78 is 44.8. The summed E-state index contributed by atoms with van der Waals surface area (Å²) in [6.45, 7) is 5.86. The molecule has 1 atom stereocenters. The lowest BCUT2D eigenvalue weighted by atomic mass is 9.94. The molecule has 5 rings (SSSR count).